The van der Waals surface area contributed by atoms with E-state index in [1.807, 2.05) is 25.1 Å². The smallest absolute Gasteiger partial charge is 0.341 e. The predicted octanol–water partition coefficient (Wildman–Crippen LogP) is 7.51. The quantitative estimate of drug-likeness (QED) is 0.0320. The van der Waals surface area contributed by atoms with Gasteiger partial charge in [-0.15, -0.1) is 0 Å². The number of esters is 3. The van der Waals surface area contributed by atoms with Gasteiger partial charge in [-0.3, -0.25) is 4.90 Å². The summed E-state index contributed by atoms with van der Waals surface area (Å²) in [6.45, 7) is 17.0. The number of rotatable bonds is 28. The summed E-state index contributed by atoms with van der Waals surface area (Å²) in [5, 5.41) is 0. The zero-order valence-corrected chi connectivity index (χ0v) is 37.2. The molecule has 0 aromatic heterocycles. The van der Waals surface area contributed by atoms with E-state index in [1.54, 1.807) is 42.5 Å². The number of hydrogen-bond acceptors (Lipinski definition) is 13. The van der Waals surface area contributed by atoms with Crippen LogP contribution in [0.2, 0.25) is 0 Å². The van der Waals surface area contributed by atoms with Crippen molar-refractivity contribution in [1.29, 1.82) is 0 Å². The number of ether oxygens (including phenoxy) is 5. The van der Waals surface area contributed by atoms with Gasteiger partial charge >= 0.3 is 17.9 Å². The molecule has 1 aliphatic heterocycles. The molecular formula is C48H71N5O8. The Morgan fingerprint density at radius 2 is 1.41 bits per heavy atom. The molecule has 13 nitrogen and oxygen atoms in total. The molecule has 4 N–H and O–H groups in total. The van der Waals surface area contributed by atoms with Crippen LogP contribution in [0.15, 0.2) is 60.7 Å². The fourth-order valence-electron chi connectivity index (χ4n) is 7.35. The molecule has 61 heavy (non-hydrogen) atoms. The molecule has 0 bridgehead atoms. The van der Waals surface area contributed by atoms with E-state index in [0.29, 0.717) is 78.5 Å². The van der Waals surface area contributed by atoms with Crippen molar-refractivity contribution < 1.29 is 38.1 Å². The normalized spacial score (nSPS) is 14.2. The van der Waals surface area contributed by atoms with Crippen molar-refractivity contribution in [3.63, 3.8) is 0 Å². The van der Waals surface area contributed by atoms with Crippen LogP contribution >= 0.6 is 0 Å². The van der Waals surface area contributed by atoms with Crippen LogP contribution in [0.4, 0.5) is 11.4 Å². The van der Waals surface area contributed by atoms with Crippen molar-refractivity contribution in [3.05, 3.63) is 82.9 Å². The molecule has 13 heteroatoms. The van der Waals surface area contributed by atoms with E-state index in [2.05, 4.69) is 35.5 Å². The summed E-state index contributed by atoms with van der Waals surface area (Å²) in [6.07, 6.45) is 9.01. The van der Waals surface area contributed by atoms with Crippen LogP contribution in [0.5, 0.6) is 11.5 Å². The van der Waals surface area contributed by atoms with Gasteiger partial charge < -0.3 is 45.0 Å². The second-order valence-electron chi connectivity index (χ2n) is 15.7. The van der Waals surface area contributed by atoms with Gasteiger partial charge in [0.2, 0.25) is 0 Å². The van der Waals surface area contributed by atoms with E-state index in [0.717, 1.165) is 83.4 Å². The fourth-order valence-corrected chi connectivity index (χ4v) is 7.35. The number of likely N-dealkylation sites (N-methyl/N-ethyl adjacent to an activating group) is 2. The van der Waals surface area contributed by atoms with Gasteiger partial charge in [-0.25, -0.2) is 14.4 Å². The number of unbranched alkanes of at least 4 members (excludes halogenated alkanes) is 2. The summed E-state index contributed by atoms with van der Waals surface area (Å²) in [6, 6.07) is 18.3. The van der Waals surface area contributed by atoms with Gasteiger partial charge in [0.15, 0.2) is 0 Å². The number of benzene rings is 3. The fraction of sp³-hybridized carbons (Fsp3) is 0.562. The van der Waals surface area contributed by atoms with E-state index >= 15 is 0 Å². The monoisotopic (exact) mass is 846 g/mol. The minimum atomic E-state index is -0.469. The van der Waals surface area contributed by atoms with Crippen LogP contribution in [-0.2, 0) is 20.6 Å². The van der Waals surface area contributed by atoms with E-state index in [9.17, 15) is 14.4 Å². The van der Waals surface area contributed by atoms with Gasteiger partial charge in [-0.05, 0) is 126 Å². The molecule has 3 aromatic rings. The van der Waals surface area contributed by atoms with Crippen molar-refractivity contribution in [2.45, 2.75) is 91.5 Å². The van der Waals surface area contributed by atoms with Gasteiger partial charge in [0, 0.05) is 55.7 Å². The third-order valence-electron chi connectivity index (χ3n) is 11.1. The molecule has 4 rings (SSSR count). The Morgan fingerprint density at radius 1 is 0.689 bits per heavy atom. The molecule has 0 spiro atoms. The molecule has 1 saturated heterocycles. The van der Waals surface area contributed by atoms with Crippen molar-refractivity contribution in [3.8, 4) is 11.5 Å². The molecule has 336 valence electrons. The Morgan fingerprint density at radius 3 is 2.13 bits per heavy atom. The average molecular weight is 846 g/mol. The third-order valence-corrected chi connectivity index (χ3v) is 11.1. The maximum Gasteiger partial charge on any atom is 0.341 e. The summed E-state index contributed by atoms with van der Waals surface area (Å²) >= 11 is 0. The molecular weight excluding hydrogens is 775 g/mol. The van der Waals surface area contributed by atoms with Crippen molar-refractivity contribution in [1.82, 2.24) is 14.7 Å². The van der Waals surface area contributed by atoms with Crippen LogP contribution in [-0.4, -0.2) is 124 Å². The first-order valence-electron chi connectivity index (χ1n) is 22.4. The molecule has 3 aromatic carbocycles. The zero-order chi connectivity index (χ0) is 43.8. The Balaban J connectivity index is 1.07. The van der Waals surface area contributed by atoms with E-state index in [-0.39, 0.29) is 19.2 Å². The number of hydrogen-bond donors (Lipinski definition) is 2. The zero-order valence-electron chi connectivity index (χ0n) is 37.2. The average Bonchev–Trinajstić information content (AvgIpc) is 3.26. The predicted molar refractivity (Wildman–Crippen MR) is 242 cm³/mol. The lowest BCUT2D eigenvalue weighted by molar-refractivity contribution is 0.0451. The van der Waals surface area contributed by atoms with Gasteiger partial charge in [0.1, 0.15) is 30.3 Å². The second kappa shape index (κ2) is 27.2. The molecule has 0 aliphatic carbocycles. The first-order valence-corrected chi connectivity index (χ1v) is 22.4. The molecule has 0 saturated carbocycles. The lowest BCUT2D eigenvalue weighted by Crippen LogP contribution is -2.38. The van der Waals surface area contributed by atoms with Crippen LogP contribution in [0.1, 0.15) is 116 Å². The summed E-state index contributed by atoms with van der Waals surface area (Å²) in [5.74, 6) is -0.115. The number of nitrogen functional groups attached to an aromatic ring is 2. The number of nitrogens with two attached hydrogens (primary N) is 2. The Bertz CT molecular complexity index is 1790. The van der Waals surface area contributed by atoms with Crippen LogP contribution in [0.25, 0.3) is 0 Å². The number of anilines is 2. The van der Waals surface area contributed by atoms with E-state index in [1.165, 1.54) is 19.3 Å². The number of carbonyl (C=O) groups excluding carboxylic acids is 3. The largest absolute Gasteiger partial charge is 0.494 e. The summed E-state index contributed by atoms with van der Waals surface area (Å²) < 4.78 is 28.4. The highest BCUT2D eigenvalue weighted by molar-refractivity contribution is 5.95. The second-order valence-corrected chi connectivity index (χ2v) is 15.7. The van der Waals surface area contributed by atoms with Gasteiger partial charge in [-0.1, -0.05) is 39.3 Å². The van der Waals surface area contributed by atoms with Crippen molar-refractivity contribution in [2.75, 3.05) is 96.9 Å². The first kappa shape index (κ1) is 48.8. The topological polar surface area (TPSA) is 159 Å². The lowest BCUT2D eigenvalue weighted by atomic mass is 10.0. The molecule has 0 radical (unpaired) electrons. The van der Waals surface area contributed by atoms with Crippen molar-refractivity contribution >= 4 is 29.3 Å². The maximum absolute atomic E-state index is 12.9. The Labute approximate surface area is 363 Å². The van der Waals surface area contributed by atoms with Crippen LogP contribution < -0.4 is 20.9 Å². The number of carbonyl (C=O) groups is 3. The van der Waals surface area contributed by atoms with Crippen LogP contribution in [0, 0.1) is 0 Å². The Kier molecular flexibility index (Phi) is 21.7. The molecule has 1 unspecified atom stereocenters. The maximum atomic E-state index is 12.9. The highest BCUT2D eigenvalue weighted by Gasteiger charge is 2.19. The molecule has 0 amide bonds. The molecule has 1 atom stereocenters. The highest BCUT2D eigenvalue weighted by Crippen LogP contribution is 2.24. The van der Waals surface area contributed by atoms with Gasteiger partial charge in [0.05, 0.1) is 30.9 Å². The minimum absolute atomic E-state index is 0.229. The molecule has 1 heterocycles. The standard InChI is InChI=1S/C48H71N5O8/c1-5-29-58-45-35-40(49)18-20-43(45)48(56)61-32-27-51(6-2)23-10-8-12-30-57-41-19-21-42(44(50)36-41)47(55)60-33-28-52(7-3)26-22-38-16-13-17-39(34-38)46(54)59-31-14-25-53-24-11-9-15-37(53)4/h13,16-21,34-37H,5-12,14-15,22-33,49-50H2,1-4H3. The van der Waals surface area contributed by atoms with E-state index in [4.69, 9.17) is 35.2 Å². The van der Waals surface area contributed by atoms with Crippen LogP contribution in [0.3, 0.4) is 0 Å². The Hall–Kier alpha value is -4.85. The van der Waals surface area contributed by atoms with Gasteiger partial charge in [0.25, 0.3) is 0 Å². The minimum Gasteiger partial charge on any atom is -0.494 e. The summed E-state index contributed by atoms with van der Waals surface area (Å²) in [4.78, 5) is 45.3. The number of nitrogens with zero attached hydrogens (tertiary/aromatic N) is 3. The highest BCUT2D eigenvalue weighted by atomic mass is 16.5. The van der Waals surface area contributed by atoms with Gasteiger partial charge in [-0.2, -0.15) is 0 Å². The molecule has 1 fully saturated rings. The summed E-state index contributed by atoms with van der Waals surface area (Å²) in [7, 11) is 0. The van der Waals surface area contributed by atoms with E-state index < -0.39 is 11.9 Å². The first-order chi connectivity index (χ1) is 29.6. The number of likely N-dealkylation sites (tertiary alicyclic amines) is 1. The summed E-state index contributed by atoms with van der Waals surface area (Å²) in [5.41, 5.74) is 15.3. The lowest BCUT2D eigenvalue weighted by Gasteiger charge is -2.33. The van der Waals surface area contributed by atoms with Crippen molar-refractivity contribution in [2.24, 2.45) is 0 Å². The SMILES string of the molecule is CCCOc1cc(N)ccc1C(=O)OCCN(CC)CCCCCOc1ccc(C(=O)OCCN(CC)CCc2cccc(C(=O)OCCCN3CCCCC3C)c2)c(N)c1. The third kappa shape index (κ3) is 17.2. The molecule has 1 aliphatic rings. The number of piperidine rings is 1.